The van der Waals surface area contributed by atoms with E-state index in [0.717, 1.165) is 34.6 Å². The number of rotatable bonds is 13. The van der Waals surface area contributed by atoms with Crippen molar-refractivity contribution in [1.82, 2.24) is 25.0 Å². The molecule has 3 heterocycles. The van der Waals surface area contributed by atoms with Crippen molar-refractivity contribution in [3.8, 4) is 0 Å². The Labute approximate surface area is 353 Å². The van der Waals surface area contributed by atoms with Gasteiger partial charge in [-0.1, -0.05) is 86.1 Å². The predicted molar refractivity (Wildman–Crippen MR) is 231 cm³/mol. The predicted octanol–water partition coefficient (Wildman–Crippen LogP) is 6.65. The zero-order valence-electron chi connectivity index (χ0n) is 34.5. The highest BCUT2D eigenvalue weighted by Gasteiger charge is 2.40. The lowest BCUT2D eigenvalue weighted by Crippen LogP contribution is -2.48. The van der Waals surface area contributed by atoms with E-state index >= 15 is 0 Å². The van der Waals surface area contributed by atoms with Gasteiger partial charge in [0, 0.05) is 41.8 Å². The van der Waals surface area contributed by atoms with Crippen molar-refractivity contribution in [2.24, 2.45) is 0 Å². The molecule has 2 aliphatic heterocycles. The molecule has 0 bridgehead atoms. The number of unbranched alkanes of at least 4 members (excludes halogenated alkanes) is 1. The molecular formula is C46H51N7O8. The maximum atomic E-state index is 13.9. The Morgan fingerprint density at radius 3 is 1.44 bits per heavy atom. The highest BCUT2D eigenvalue weighted by atomic mass is 16.5. The van der Waals surface area contributed by atoms with Crippen molar-refractivity contribution in [2.45, 2.75) is 76.2 Å². The Morgan fingerprint density at radius 1 is 0.623 bits per heavy atom. The number of hydrogen-bond acceptors (Lipinski definition) is 8. The minimum atomic E-state index is -1.02. The van der Waals surface area contributed by atoms with Crippen LogP contribution in [0.5, 0.6) is 0 Å². The van der Waals surface area contributed by atoms with Crippen LogP contribution in [0, 0.1) is 0 Å². The lowest BCUT2D eigenvalue weighted by atomic mass is 10.0. The third kappa shape index (κ3) is 9.15. The number of aryl methyl sites for hydroxylation is 1. The lowest BCUT2D eigenvalue weighted by Gasteiger charge is -2.28. The minimum Gasteiger partial charge on any atom is -0.453 e. The summed E-state index contributed by atoms with van der Waals surface area (Å²) in [6.45, 7) is 3.52. The molecule has 6 amide bonds. The van der Waals surface area contributed by atoms with Crippen molar-refractivity contribution >= 4 is 69.0 Å². The van der Waals surface area contributed by atoms with Gasteiger partial charge in [0.1, 0.15) is 24.2 Å². The van der Waals surface area contributed by atoms with E-state index in [-0.39, 0.29) is 11.8 Å². The van der Waals surface area contributed by atoms with Crippen LogP contribution in [0.15, 0.2) is 97.1 Å². The molecule has 15 heteroatoms. The smallest absolute Gasteiger partial charge is 0.407 e. The summed E-state index contributed by atoms with van der Waals surface area (Å²) >= 11 is 0. The number of nitrogens with zero attached hydrogens (tertiary/aromatic N) is 3. The highest BCUT2D eigenvalue weighted by molar-refractivity contribution is 6.11. The van der Waals surface area contributed by atoms with Crippen LogP contribution in [0.1, 0.15) is 68.7 Å². The molecular weight excluding hydrogens is 779 g/mol. The number of alkyl carbamates (subject to hydrolysis) is 2. The number of carbonyl (C=O) groups excluding carboxylic acids is 6. The van der Waals surface area contributed by atoms with E-state index < -0.39 is 48.2 Å². The Hall–Kier alpha value is -6.90. The van der Waals surface area contributed by atoms with E-state index in [9.17, 15) is 28.8 Å². The van der Waals surface area contributed by atoms with Gasteiger partial charge < -0.3 is 45.1 Å². The summed E-state index contributed by atoms with van der Waals surface area (Å²) in [7, 11) is 2.46. The molecule has 15 nitrogen and oxygen atoms in total. The Morgan fingerprint density at radius 2 is 1.05 bits per heavy atom. The average Bonchev–Trinajstić information content (AvgIpc) is 4.05. The minimum absolute atomic E-state index is 0.327. The number of methoxy groups -OCH3 is 2. The van der Waals surface area contributed by atoms with Crippen molar-refractivity contribution in [3.05, 3.63) is 108 Å². The second-order valence-electron chi connectivity index (χ2n) is 15.3. The van der Waals surface area contributed by atoms with Crippen LogP contribution in [0.4, 0.5) is 21.0 Å². The molecule has 2 aliphatic rings. The number of fused-ring (bicyclic) bond motifs is 3. The first-order valence-electron chi connectivity index (χ1n) is 20.7. The van der Waals surface area contributed by atoms with Crippen LogP contribution < -0.4 is 21.3 Å². The molecule has 61 heavy (non-hydrogen) atoms. The fourth-order valence-corrected chi connectivity index (χ4v) is 8.42. The first-order valence-corrected chi connectivity index (χ1v) is 20.7. The molecule has 4 atom stereocenters. The summed E-state index contributed by atoms with van der Waals surface area (Å²) in [5, 5.41) is 13.3. The number of aromatic nitrogens is 1. The SMILES string of the molecule is CCCCn1c2cc(NC(=O)[C@@H]3CCCN3C(=O)[C@H](NC(=O)OC)c3ccccc3)ccc2c2ccc(NC(=O)[C@@H]3CCCN3C(=O)[C@H](NC(=O)OC)c3ccccc3)cc21. The van der Waals surface area contributed by atoms with E-state index in [2.05, 4.69) is 32.8 Å². The van der Waals surface area contributed by atoms with Gasteiger partial charge in [0.15, 0.2) is 0 Å². The molecule has 4 aromatic carbocycles. The number of anilines is 2. The van der Waals surface area contributed by atoms with Crippen LogP contribution in [0.2, 0.25) is 0 Å². The van der Waals surface area contributed by atoms with Crippen molar-refractivity contribution in [3.63, 3.8) is 0 Å². The van der Waals surface area contributed by atoms with Gasteiger partial charge in [-0.3, -0.25) is 19.2 Å². The van der Waals surface area contributed by atoms with Crippen LogP contribution in [-0.2, 0) is 35.2 Å². The fourth-order valence-electron chi connectivity index (χ4n) is 8.42. The van der Waals surface area contributed by atoms with Gasteiger partial charge >= 0.3 is 12.2 Å². The number of hydrogen-bond donors (Lipinski definition) is 4. The van der Waals surface area contributed by atoms with Gasteiger partial charge in [-0.05, 0) is 67.5 Å². The summed E-state index contributed by atoms with van der Waals surface area (Å²) in [5.74, 6) is -1.45. The molecule has 4 N–H and O–H groups in total. The van der Waals surface area contributed by atoms with Crippen LogP contribution in [0.3, 0.4) is 0 Å². The number of ether oxygens (including phenoxy) is 2. The summed E-state index contributed by atoms with van der Waals surface area (Å²) in [4.78, 5) is 83.3. The lowest BCUT2D eigenvalue weighted by molar-refractivity contribution is -0.138. The molecule has 318 valence electrons. The second kappa shape index (κ2) is 19.0. The Balaban J connectivity index is 1.11. The van der Waals surface area contributed by atoms with Gasteiger partial charge in [0.05, 0.1) is 25.3 Å². The molecule has 1 aromatic heterocycles. The first-order chi connectivity index (χ1) is 29.6. The molecule has 2 fully saturated rings. The number of amides is 6. The van der Waals surface area contributed by atoms with Gasteiger partial charge in [0.2, 0.25) is 11.8 Å². The van der Waals surface area contributed by atoms with Crippen molar-refractivity contribution in [1.29, 1.82) is 0 Å². The van der Waals surface area contributed by atoms with Crippen LogP contribution >= 0.6 is 0 Å². The van der Waals surface area contributed by atoms with E-state index in [1.54, 1.807) is 48.5 Å². The molecule has 7 rings (SSSR count). The van der Waals surface area contributed by atoms with Crippen molar-refractivity contribution in [2.75, 3.05) is 37.9 Å². The second-order valence-corrected chi connectivity index (χ2v) is 15.3. The molecule has 0 radical (unpaired) electrons. The molecule has 2 saturated heterocycles. The zero-order chi connectivity index (χ0) is 43.0. The van der Waals surface area contributed by atoms with Gasteiger partial charge in [-0.2, -0.15) is 0 Å². The third-order valence-corrected chi connectivity index (χ3v) is 11.5. The van der Waals surface area contributed by atoms with Crippen LogP contribution in [0.25, 0.3) is 21.8 Å². The van der Waals surface area contributed by atoms with Crippen LogP contribution in [-0.4, -0.2) is 89.6 Å². The number of benzene rings is 4. The molecule has 0 aliphatic carbocycles. The Kier molecular flexibility index (Phi) is 13.2. The fraction of sp³-hybridized carbons (Fsp3) is 0.348. The largest absolute Gasteiger partial charge is 0.453 e. The van der Waals surface area contributed by atoms with E-state index in [1.807, 2.05) is 48.5 Å². The molecule has 0 spiro atoms. The zero-order valence-corrected chi connectivity index (χ0v) is 34.5. The number of nitrogens with one attached hydrogen (secondary N) is 4. The molecule has 0 saturated carbocycles. The van der Waals surface area contributed by atoms with Gasteiger partial charge in [-0.15, -0.1) is 0 Å². The number of likely N-dealkylation sites (tertiary alicyclic amines) is 2. The first kappa shape index (κ1) is 42.2. The topological polar surface area (TPSA) is 180 Å². The Bertz CT molecular complexity index is 2260. The number of carbonyl (C=O) groups is 6. The normalized spacial score (nSPS) is 17.1. The monoisotopic (exact) mass is 829 g/mol. The van der Waals surface area contributed by atoms with Gasteiger partial charge in [-0.25, -0.2) is 9.59 Å². The molecule has 0 unspecified atom stereocenters. The summed E-state index contributed by atoms with van der Waals surface area (Å²) in [6.07, 6.45) is 2.51. The van der Waals surface area contributed by atoms with E-state index in [0.29, 0.717) is 67.8 Å². The third-order valence-electron chi connectivity index (χ3n) is 11.5. The standard InChI is InChI=1S/C46H51N7O8/c1-4-5-24-51-37-27-31(47-41(54)35-18-12-25-52(35)43(56)39(49-45(58)60-2)29-14-8-6-9-15-29)20-22-33(37)34-23-21-32(28-38(34)51)48-42(55)36-19-13-26-53(36)44(57)40(50-46(59)61-3)30-16-10-7-11-17-30/h6-11,14-17,20-23,27-28,35-36,39-40H,4-5,12-13,18-19,24-26H2,1-3H3,(H,47,54)(H,48,55)(H,49,58)(H,50,59)/t35-,36-,39+,40+/m0/s1. The maximum absolute atomic E-state index is 13.9. The quantitative estimate of drug-likeness (QED) is 0.102. The van der Waals surface area contributed by atoms with Gasteiger partial charge in [0.25, 0.3) is 11.8 Å². The van der Waals surface area contributed by atoms with E-state index in [4.69, 9.17) is 9.47 Å². The maximum Gasteiger partial charge on any atom is 0.407 e. The highest BCUT2D eigenvalue weighted by Crippen LogP contribution is 2.34. The molecule has 5 aromatic rings. The summed E-state index contributed by atoms with van der Waals surface area (Å²) < 4.78 is 11.8. The van der Waals surface area contributed by atoms with E-state index in [1.165, 1.54) is 24.0 Å². The van der Waals surface area contributed by atoms with Crippen molar-refractivity contribution < 1.29 is 38.2 Å². The average molecular weight is 830 g/mol. The summed E-state index contributed by atoms with van der Waals surface area (Å²) in [5.41, 5.74) is 4.09. The summed E-state index contributed by atoms with van der Waals surface area (Å²) in [6, 6.07) is 25.7.